The number of carboxylic acids is 1. The van der Waals surface area contributed by atoms with Gasteiger partial charge >= 0.3 is 0 Å². The van der Waals surface area contributed by atoms with E-state index in [4.69, 9.17) is 9.90 Å². The third-order valence-electron chi connectivity index (χ3n) is 1.58. The minimum atomic E-state index is -0.833. The maximum atomic E-state index is 9.00. The Kier molecular flexibility index (Phi) is 11.1. The molecule has 0 aromatic carbocycles. The molecule has 0 aliphatic heterocycles. The zero-order valence-electron chi connectivity index (χ0n) is 9.92. The number of carbonyl (C=O) groups is 1. The quantitative estimate of drug-likeness (QED) is 0.700. The minimum absolute atomic E-state index is 0.833. The zero-order chi connectivity index (χ0) is 11.6. The highest BCUT2D eigenvalue weighted by Gasteiger charge is 1.84. The molecular formula is C12H22O2. The summed E-state index contributed by atoms with van der Waals surface area (Å²) in [5.74, 6) is -0.833. The van der Waals surface area contributed by atoms with Crippen LogP contribution >= 0.6 is 0 Å². The summed E-state index contributed by atoms with van der Waals surface area (Å²) in [6.07, 6.45) is 6.87. The van der Waals surface area contributed by atoms with Gasteiger partial charge in [-0.1, -0.05) is 23.3 Å². The highest BCUT2D eigenvalue weighted by molar-refractivity contribution is 5.62. The van der Waals surface area contributed by atoms with Gasteiger partial charge in [-0.2, -0.15) is 0 Å². The first-order chi connectivity index (χ1) is 6.40. The lowest BCUT2D eigenvalue weighted by Gasteiger charge is -1.95. The molecule has 0 atom stereocenters. The Bertz CT molecular complexity index is 204. The number of carboxylic acid groups (broad SMARTS) is 1. The summed E-state index contributed by atoms with van der Waals surface area (Å²) in [5.41, 5.74) is 2.90. The smallest absolute Gasteiger partial charge is 0.300 e. The van der Waals surface area contributed by atoms with Gasteiger partial charge in [0.05, 0.1) is 0 Å². The molecule has 1 N–H and O–H groups in total. The molecule has 0 unspecified atom stereocenters. The molecule has 0 aliphatic carbocycles. The summed E-state index contributed by atoms with van der Waals surface area (Å²) in [6, 6.07) is 0. The van der Waals surface area contributed by atoms with Gasteiger partial charge in [-0.05, 0) is 40.5 Å². The van der Waals surface area contributed by atoms with Gasteiger partial charge in [-0.15, -0.1) is 0 Å². The van der Waals surface area contributed by atoms with Crippen molar-refractivity contribution >= 4 is 5.97 Å². The van der Waals surface area contributed by atoms with Crippen LogP contribution in [0, 0.1) is 0 Å². The SMILES string of the molecule is C/C=C(\C)CCC=C(C)C.CC(=O)O. The molecule has 0 aromatic heterocycles. The fourth-order valence-electron chi connectivity index (χ4n) is 0.733. The van der Waals surface area contributed by atoms with Crippen molar-refractivity contribution in [2.75, 3.05) is 0 Å². The summed E-state index contributed by atoms with van der Waals surface area (Å²) in [5, 5.41) is 7.42. The number of hydrogen-bond donors (Lipinski definition) is 1. The van der Waals surface area contributed by atoms with E-state index in [-0.39, 0.29) is 0 Å². The normalized spacial score (nSPS) is 9.93. The van der Waals surface area contributed by atoms with Crippen molar-refractivity contribution in [2.24, 2.45) is 0 Å². The summed E-state index contributed by atoms with van der Waals surface area (Å²) < 4.78 is 0. The van der Waals surface area contributed by atoms with Gasteiger partial charge in [0.1, 0.15) is 0 Å². The maximum absolute atomic E-state index is 9.00. The molecule has 0 rings (SSSR count). The van der Waals surface area contributed by atoms with Crippen LogP contribution in [0.1, 0.15) is 47.5 Å². The summed E-state index contributed by atoms with van der Waals surface area (Å²) in [6.45, 7) is 9.65. The van der Waals surface area contributed by atoms with Crippen molar-refractivity contribution in [2.45, 2.75) is 47.5 Å². The van der Waals surface area contributed by atoms with Crippen LogP contribution in [0.15, 0.2) is 23.3 Å². The molecule has 0 saturated carbocycles. The zero-order valence-corrected chi connectivity index (χ0v) is 9.92. The molecule has 2 nitrogen and oxygen atoms in total. The van der Waals surface area contributed by atoms with Gasteiger partial charge in [0.15, 0.2) is 0 Å². The Hall–Kier alpha value is -1.05. The second-order valence-corrected chi connectivity index (χ2v) is 3.47. The lowest BCUT2D eigenvalue weighted by molar-refractivity contribution is -0.134. The number of allylic oxidation sites excluding steroid dienone is 4. The van der Waals surface area contributed by atoms with Crippen LogP contribution in [0.5, 0.6) is 0 Å². The number of aliphatic carboxylic acids is 1. The van der Waals surface area contributed by atoms with Crippen LogP contribution in [0.4, 0.5) is 0 Å². The van der Waals surface area contributed by atoms with Crippen molar-refractivity contribution in [3.05, 3.63) is 23.3 Å². The van der Waals surface area contributed by atoms with Gasteiger partial charge in [-0.3, -0.25) is 4.79 Å². The molecule has 2 heteroatoms. The van der Waals surface area contributed by atoms with E-state index >= 15 is 0 Å². The third-order valence-corrected chi connectivity index (χ3v) is 1.58. The predicted octanol–water partition coefficient (Wildman–Crippen LogP) is 3.79. The monoisotopic (exact) mass is 198 g/mol. The highest BCUT2D eigenvalue weighted by atomic mass is 16.4. The molecule has 0 heterocycles. The van der Waals surface area contributed by atoms with Crippen LogP contribution in [0.2, 0.25) is 0 Å². The molecule has 82 valence electrons. The molecule has 0 aliphatic rings. The van der Waals surface area contributed by atoms with Gasteiger partial charge < -0.3 is 5.11 Å². The average Bonchev–Trinajstić information content (AvgIpc) is 2.02. The van der Waals surface area contributed by atoms with E-state index in [0.717, 1.165) is 6.92 Å². The fraction of sp³-hybridized carbons (Fsp3) is 0.583. The van der Waals surface area contributed by atoms with Crippen molar-refractivity contribution in [1.29, 1.82) is 0 Å². The molecular weight excluding hydrogens is 176 g/mol. The van der Waals surface area contributed by atoms with Crippen LogP contribution in [-0.4, -0.2) is 11.1 Å². The molecule has 0 fully saturated rings. The van der Waals surface area contributed by atoms with Crippen LogP contribution in [0.3, 0.4) is 0 Å². The van der Waals surface area contributed by atoms with E-state index in [2.05, 4.69) is 39.8 Å². The topological polar surface area (TPSA) is 37.3 Å². The van der Waals surface area contributed by atoms with E-state index in [1.54, 1.807) is 0 Å². The Balaban J connectivity index is 0. The number of rotatable bonds is 3. The van der Waals surface area contributed by atoms with Crippen LogP contribution < -0.4 is 0 Å². The molecule has 0 spiro atoms. The first kappa shape index (κ1) is 15.4. The molecule has 0 aromatic rings. The Morgan fingerprint density at radius 1 is 1.21 bits per heavy atom. The van der Waals surface area contributed by atoms with Crippen molar-refractivity contribution < 1.29 is 9.90 Å². The first-order valence-corrected chi connectivity index (χ1v) is 4.84. The molecule has 0 amide bonds. The largest absolute Gasteiger partial charge is 0.481 e. The van der Waals surface area contributed by atoms with Gasteiger partial charge in [0, 0.05) is 6.92 Å². The second-order valence-electron chi connectivity index (χ2n) is 3.47. The average molecular weight is 198 g/mol. The second kappa shape index (κ2) is 10.0. The van der Waals surface area contributed by atoms with E-state index < -0.39 is 5.97 Å². The van der Waals surface area contributed by atoms with Gasteiger partial charge in [-0.25, -0.2) is 0 Å². The van der Waals surface area contributed by atoms with E-state index in [1.165, 1.54) is 24.0 Å². The Morgan fingerprint density at radius 2 is 1.64 bits per heavy atom. The van der Waals surface area contributed by atoms with Gasteiger partial charge in [0.25, 0.3) is 5.97 Å². The van der Waals surface area contributed by atoms with Crippen LogP contribution in [0.25, 0.3) is 0 Å². The summed E-state index contributed by atoms with van der Waals surface area (Å²) >= 11 is 0. The predicted molar refractivity (Wildman–Crippen MR) is 61.4 cm³/mol. The fourth-order valence-corrected chi connectivity index (χ4v) is 0.733. The number of hydrogen-bond acceptors (Lipinski definition) is 1. The van der Waals surface area contributed by atoms with Crippen molar-refractivity contribution in [1.82, 2.24) is 0 Å². The summed E-state index contributed by atoms with van der Waals surface area (Å²) in [4.78, 5) is 9.00. The van der Waals surface area contributed by atoms with Crippen LogP contribution in [-0.2, 0) is 4.79 Å². The minimum Gasteiger partial charge on any atom is -0.481 e. The Morgan fingerprint density at radius 3 is 1.93 bits per heavy atom. The molecule has 14 heavy (non-hydrogen) atoms. The maximum Gasteiger partial charge on any atom is 0.300 e. The third kappa shape index (κ3) is 22.4. The van der Waals surface area contributed by atoms with Crippen molar-refractivity contribution in [3.8, 4) is 0 Å². The van der Waals surface area contributed by atoms with E-state index in [0.29, 0.717) is 0 Å². The lowest BCUT2D eigenvalue weighted by Crippen LogP contribution is -1.78. The molecule has 0 radical (unpaired) electrons. The van der Waals surface area contributed by atoms with Gasteiger partial charge in [0.2, 0.25) is 0 Å². The van der Waals surface area contributed by atoms with E-state index in [9.17, 15) is 0 Å². The summed E-state index contributed by atoms with van der Waals surface area (Å²) in [7, 11) is 0. The first-order valence-electron chi connectivity index (χ1n) is 4.84. The molecule has 0 bridgehead atoms. The molecule has 0 saturated heterocycles. The Labute approximate surface area is 87.3 Å². The standard InChI is InChI=1S/C10H18.C2H4O2/c1-5-10(4)8-6-7-9(2)3;1-2(3)4/h5,7H,6,8H2,1-4H3;1H3,(H,3,4)/b10-5+;. The van der Waals surface area contributed by atoms with E-state index in [1.807, 2.05) is 0 Å². The lowest BCUT2D eigenvalue weighted by atomic mass is 10.1. The highest BCUT2D eigenvalue weighted by Crippen LogP contribution is 2.05. The van der Waals surface area contributed by atoms with Crippen molar-refractivity contribution in [3.63, 3.8) is 0 Å².